The average Bonchev–Trinajstić information content (AvgIpc) is 3.85. The zero-order valence-electron chi connectivity index (χ0n) is 24.6. The molecule has 0 aliphatic heterocycles. The molecule has 46 heavy (non-hydrogen) atoms. The van der Waals surface area contributed by atoms with Gasteiger partial charge in [0.1, 0.15) is 5.58 Å². The highest BCUT2D eigenvalue weighted by molar-refractivity contribution is 7.26. The van der Waals surface area contributed by atoms with E-state index in [0.29, 0.717) is 0 Å². The standard InChI is InChI=1S/C42H24N2OS/c1-5-13-35-27(9-1)28-10-2-6-14-36(28)43(35)25-17-21-39-33(23-25)31-19-20-32-34-24-26(18-22-40(34)46-42(32)41(31)45-39)44-37-15-7-3-11-29(37)30-12-4-8-16-38(30)44/h1-24H. The summed E-state index contributed by atoms with van der Waals surface area (Å²) in [5.41, 5.74) is 9.05. The highest BCUT2D eigenvalue weighted by atomic mass is 32.1. The normalized spacial score (nSPS) is 12.3. The number of para-hydroxylation sites is 4. The predicted molar refractivity (Wildman–Crippen MR) is 195 cm³/mol. The molecule has 0 spiro atoms. The number of nitrogens with zero attached hydrogens (tertiary/aromatic N) is 2. The molecule has 7 aromatic carbocycles. The maximum atomic E-state index is 6.66. The van der Waals surface area contributed by atoms with Crippen molar-refractivity contribution in [2.45, 2.75) is 0 Å². The molecule has 0 aliphatic carbocycles. The maximum Gasteiger partial charge on any atom is 0.153 e. The largest absolute Gasteiger partial charge is 0.455 e. The van der Waals surface area contributed by atoms with Crippen molar-refractivity contribution in [3.05, 3.63) is 146 Å². The van der Waals surface area contributed by atoms with Crippen LogP contribution in [0.5, 0.6) is 0 Å². The zero-order valence-corrected chi connectivity index (χ0v) is 25.4. The van der Waals surface area contributed by atoms with Crippen LogP contribution in [-0.2, 0) is 0 Å². The number of rotatable bonds is 2. The van der Waals surface area contributed by atoms with Crippen molar-refractivity contribution in [3.63, 3.8) is 0 Å². The fraction of sp³-hybridized carbons (Fsp3) is 0. The summed E-state index contributed by atoms with van der Waals surface area (Å²) in [6.45, 7) is 0. The Morgan fingerprint density at radius 2 is 0.870 bits per heavy atom. The Morgan fingerprint density at radius 1 is 0.391 bits per heavy atom. The lowest BCUT2D eigenvalue weighted by molar-refractivity contribution is 0.673. The lowest BCUT2D eigenvalue weighted by atomic mass is 10.1. The summed E-state index contributed by atoms with van der Waals surface area (Å²) >= 11 is 1.82. The lowest BCUT2D eigenvalue weighted by Crippen LogP contribution is -1.93. The Kier molecular flexibility index (Phi) is 4.72. The Balaban J connectivity index is 1.13. The number of hydrogen-bond acceptors (Lipinski definition) is 2. The third-order valence-electron chi connectivity index (χ3n) is 9.72. The molecule has 214 valence electrons. The quantitative estimate of drug-likeness (QED) is 0.192. The molecule has 0 saturated carbocycles. The molecular formula is C42H24N2OS. The van der Waals surface area contributed by atoms with Gasteiger partial charge in [-0.1, -0.05) is 78.9 Å². The molecular weight excluding hydrogens is 581 g/mol. The van der Waals surface area contributed by atoms with E-state index < -0.39 is 0 Å². The van der Waals surface area contributed by atoms with Crippen molar-refractivity contribution < 1.29 is 4.42 Å². The summed E-state index contributed by atoms with van der Waals surface area (Å²) in [5.74, 6) is 0. The van der Waals surface area contributed by atoms with Crippen molar-refractivity contribution in [2.24, 2.45) is 0 Å². The minimum absolute atomic E-state index is 0.912. The summed E-state index contributed by atoms with van der Waals surface area (Å²) in [5, 5.41) is 9.86. The molecule has 4 heterocycles. The molecule has 0 aliphatic rings. The van der Waals surface area contributed by atoms with E-state index in [4.69, 9.17) is 4.42 Å². The summed E-state index contributed by atoms with van der Waals surface area (Å²) in [6, 6.07) is 52.7. The van der Waals surface area contributed by atoms with Gasteiger partial charge in [-0.15, -0.1) is 11.3 Å². The molecule has 0 atom stereocenters. The molecule has 0 radical (unpaired) electrons. The van der Waals surface area contributed by atoms with Crippen LogP contribution in [0.15, 0.2) is 150 Å². The van der Waals surface area contributed by atoms with Gasteiger partial charge < -0.3 is 13.6 Å². The highest BCUT2D eigenvalue weighted by Crippen LogP contribution is 2.44. The van der Waals surface area contributed by atoms with Gasteiger partial charge in [-0.2, -0.15) is 0 Å². The summed E-state index contributed by atoms with van der Waals surface area (Å²) in [7, 11) is 0. The Morgan fingerprint density at radius 3 is 1.43 bits per heavy atom. The Hall–Kier alpha value is -5.84. The van der Waals surface area contributed by atoms with Crippen LogP contribution in [0.3, 0.4) is 0 Å². The van der Waals surface area contributed by atoms with Gasteiger partial charge in [-0.25, -0.2) is 0 Å². The van der Waals surface area contributed by atoms with Crippen LogP contribution in [0.2, 0.25) is 0 Å². The second-order valence-electron chi connectivity index (χ2n) is 12.1. The summed E-state index contributed by atoms with van der Waals surface area (Å²) in [4.78, 5) is 0. The van der Waals surface area contributed by atoms with E-state index in [1.54, 1.807) is 0 Å². The molecule has 11 aromatic rings. The molecule has 4 heteroatoms. The average molecular weight is 605 g/mol. The van der Waals surface area contributed by atoms with Crippen molar-refractivity contribution in [3.8, 4) is 11.4 Å². The van der Waals surface area contributed by atoms with Crippen molar-refractivity contribution in [1.82, 2.24) is 9.13 Å². The van der Waals surface area contributed by atoms with Crippen molar-refractivity contribution in [2.75, 3.05) is 0 Å². The van der Waals surface area contributed by atoms with Gasteiger partial charge in [-0.3, -0.25) is 0 Å². The van der Waals surface area contributed by atoms with Gasteiger partial charge >= 0.3 is 0 Å². The fourth-order valence-corrected chi connectivity index (χ4v) is 8.89. The number of aromatic nitrogens is 2. The molecule has 11 rings (SSSR count). The Bertz CT molecular complexity index is 2730. The molecule has 0 bridgehead atoms. The molecule has 0 N–H and O–H groups in total. The molecule has 0 fully saturated rings. The Labute approximate surface area is 266 Å². The second-order valence-corrected chi connectivity index (χ2v) is 13.2. The monoisotopic (exact) mass is 604 g/mol. The van der Waals surface area contributed by atoms with E-state index in [0.717, 1.165) is 27.6 Å². The molecule has 4 aromatic heterocycles. The maximum absolute atomic E-state index is 6.66. The zero-order chi connectivity index (χ0) is 29.9. The number of benzene rings is 7. The van der Waals surface area contributed by atoms with Crippen LogP contribution in [0.25, 0.3) is 97.1 Å². The van der Waals surface area contributed by atoms with Gasteiger partial charge in [0.2, 0.25) is 0 Å². The first kappa shape index (κ1) is 24.5. The van der Waals surface area contributed by atoms with Crippen LogP contribution in [0.1, 0.15) is 0 Å². The smallest absolute Gasteiger partial charge is 0.153 e. The van der Waals surface area contributed by atoms with Crippen LogP contribution in [0.4, 0.5) is 0 Å². The lowest BCUT2D eigenvalue weighted by Gasteiger charge is -2.08. The number of furan rings is 1. The first-order valence-electron chi connectivity index (χ1n) is 15.6. The number of fused-ring (bicyclic) bond motifs is 13. The van der Waals surface area contributed by atoms with Crippen LogP contribution in [0, 0.1) is 0 Å². The van der Waals surface area contributed by atoms with E-state index in [1.807, 2.05) is 11.3 Å². The van der Waals surface area contributed by atoms with E-state index in [2.05, 4.69) is 155 Å². The molecule has 0 saturated heterocycles. The van der Waals surface area contributed by atoms with Gasteiger partial charge in [-0.05, 0) is 66.7 Å². The van der Waals surface area contributed by atoms with Gasteiger partial charge in [0.05, 0.1) is 26.8 Å². The van der Waals surface area contributed by atoms with Crippen LogP contribution < -0.4 is 0 Å². The van der Waals surface area contributed by atoms with Crippen molar-refractivity contribution >= 4 is 97.1 Å². The topological polar surface area (TPSA) is 23.0 Å². The minimum atomic E-state index is 0.912. The van der Waals surface area contributed by atoms with E-state index >= 15 is 0 Å². The summed E-state index contributed by atoms with van der Waals surface area (Å²) in [6.07, 6.45) is 0. The fourth-order valence-electron chi connectivity index (χ4n) is 7.72. The third kappa shape index (κ3) is 3.16. The molecule has 0 amide bonds. The van der Waals surface area contributed by atoms with E-state index in [1.165, 1.54) is 69.5 Å². The van der Waals surface area contributed by atoms with Crippen LogP contribution in [-0.4, -0.2) is 9.13 Å². The first-order valence-corrected chi connectivity index (χ1v) is 16.4. The first-order chi connectivity index (χ1) is 22.8. The van der Waals surface area contributed by atoms with E-state index in [9.17, 15) is 0 Å². The van der Waals surface area contributed by atoms with Gasteiger partial charge in [0, 0.05) is 59.2 Å². The minimum Gasteiger partial charge on any atom is -0.455 e. The predicted octanol–water partition coefficient (Wildman–Crippen LogP) is 12.1. The third-order valence-corrected chi connectivity index (χ3v) is 10.9. The molecule has 0 unspecified atom stereocenters. The van der Waals surface area contributed by atoms with Gasteiger partial charge in [0.25, 0.3) is 0 Å². The van der Waals surface area contributed by atoms with Crippen LogP contribution >= 0.6 is 11.3 Å². The number of hydrogen-bond donors (Lipinski definition) is 0. The second kappa shape index (κ2) is 8.87. The van der Waals surface area contributed by atoms with E-state index in [-0.39, 0.29) is 0 Å². The SMILES string of the molecule is c1ccc2c(c1)c1ccccc1n2-c1ccc2oc3c(ccc4c5cc(-n6c7ccccc7c7ccccc76)ccc5sc43)c2c1. The highest BCUT2D eigenvalue weighted by Gasteiger charge is 2.18. The van der Waals surface area contributed by atoms with Crippen molar-refractivity contribution in [1.29, 1.82) is 0 Å². The molecule has 3 nitrogen and oxygen atoms in total. The summed E-state index contributed by atoms with van der Waals surface area (Å²) < 4.78 is 13.9. The number of thiophene rings is 1. The van der Waals surface area contributed by atoms with Gasteiger partial charge in [0.15, 0.2) is 5.58 Å².